The molecular weight excluding hydrogens is 510 g/mol. The van der Waals surface area contributed by atoms with Crippen LogP contribution in [0.15, 0.2) is 66.2 Å². The molecule has 1 unspecified atom stereocenters. The van der Waals surface area contributed by atoms with Crippen molar-refractivity contribution in [3.05, 3.63) is 87.9 Å². The van der Waals surface area contributed by atoms with Gasteiger partial charge in [0.2, 0.25) is 0 Å². The topological polar surface area (TPSA) is 106 Å². The molecule has 0 saturated carbocycles. The number of carbonyl (C=O) groups is 2. The summed E-state index contributed by atoms with van der Waals surface area (Å²) in [6.45, 7) is 4.33. The Morgan fingerprint density at radius 2 is 1.74 bits per heavy atom. The number of phenolic OH excluding ortho intramolecular Hbond substituents is 1. The van der Waals surface area contributed by atoms with Crippen molar-refractivity contribution in [1.82, 2.24) is 4.90 Å². The predicted molar refractivity (Wildman–Crippen MR) is 143 cm³/mol. The third-order valence-corrected chi connectivity index (χ3v) is 6.46. The highest BCUT2D eigenvalue weighted by molar-refractivity contribution is 6.47. The van der Waals surface area contributed by atoms with Crippen LogP contribution in [0.4, 0.5) is 0 Å². The van der Waals surface area contributed by atoms with Gasteiger partial charge in [-0.15, -0.1) is 0 Å². The number of methoxy groups -OCH3 is 1. The maximum atomic E-state index is 13.4. The quantitative estimate of drug-likeness (QED) is 0.212. The van der Waals surface area contributed by atoms with Gasteiger partial charge in [0.15, 0.2) is 11.5 Å². The Morgan fingerprint density at radius 3 is 2.45 bits per heavy atom. The molecule has 4 rings (SSSR count). The van der Waals surface area contributed by atoms with E-state index in [4.69, 9.17) is 25.8 Å². The normalized spacial score (nSPS) is 16.5. The minimum atomic E-state index is -0.993. The number of aliphatic hydroxyl groups excluding tert-OH is 1. The minimum Gasteiger partial charge on any atom is -0.507 e. The van der Waals surface area contributed by atoms with Crippen LogP contribution in [0.1, 0.15) is 36.6 Å². The largest absolute Gasteiger partial charge is 0.507 e. The van der Waals surface area contributed by atoms with E-state index in [1.807, 2.05) is 13.0 Å². The molecule has 198 valence electrons. The van der Waals surface area contributed by atoms with E-state index in [2.05, 4.69) is 0 Å². The van der Waals surface area contributed by atoms with Gasteiger partial charge in [-0.3, -0.25) is 9.59 Å². The molecule has 0 aromatic heterocycles. The number of amides is 1. The monoisotopic (exact) mass is 537 g/mol. The van der Waals surface area contributed by atoms with Crippen LogP contribution < -0.4 is 14.2 Å². The summed E-state index contributed by atoms with van der Waals surface area (Å²) in [6, 6.07) is 15.4. The summed E-state index contributed by atoms with van der Waals surface area (Å²) in [6.07, 6.45) is 0. The Bertz CT molecular complexity index is 1400. The molecule has 1 saturated heterocycles. The fourth-order valence-electron chi connectivity index (χ4n) is 4.42. The van der Waals surface area contributed by atoms with Gasteiger partial charge in [0.25, 0.3) is 11.7 Å². The zero-order valence-electron chi connectivity index (χ0n) is 21.2. The molecular formula is C29H28ClNO7. The molecule has 1 atom stereocenters. The lowest BCUT2D eigenvalue weighted by Gasteiger charge is -2.26. The van der Waals surface area contributed by atoms with Gasteiger partial charge in [0, 0.05) is 12.1 Å². The Kier molecular flexibility index (Phi) is 8.12. The SMILES string of the molecule is CCOc1ccc(Cl)c(/C(O)=C2\C(=O)C(=O)N(Cc3cccc(OC)c3)C2c2ccc(O)c(OCC)c2)c1. The number of ketones is 1. The van der Waals surface area contributed by atoms with Crippen LogP contribution in [0.5, 0.6) is 23.0 Å². The fraction of sp³-hybridized carbons (Fsp3) is 0.241. The highest BCUT2D eigenvalue weighted by Crippen LogP contribution is 2.43. The first-order valence-corrected chi connectivity index (χ1v) is 12.5. The van der Waals surface area contributed by atoms with Gasteiger partial charge in [-0.25, -0.2) is 0 Å². The Balaban J connectivity index is 1.90. The van der Waals surface area contributed by atoms with E-state index in [0.717, 1.165) is 5.56 Å². The summed E-state index contributed by atoms with van der Waals surface area (Å²) < 4.78 is 16.4. The number of aromatic hydroxyl groups is 1. The van der Waals surface area contributed by atoms with Crippen molar-refractivity contribution in [1.29, 1.82) is 0 Å². The smallest absolute Gasteiger partial charge is 0.295 e. The summed E-state index contributed by atoms with van der Waals surface area (Å²) in [4.78, 5) is 28.2. The van der Waals surface area contributed by atoms with E-state index in [-0.39, 0.29) is 34.2 Å². The van der Waals surface area contributed by atoms with Crippen LogP contribution in [-0.2, 0) is 16.1 Å². The zero-order chi connectivity index (χ0) is 27.4. The lowest BCUT2D eigenvalue weighted by molar-refractivity contribution is -0.140. The molecule has 8 nitrogen and oxygen atoms in total. The van der Waals surface area contributed by atoms with Gasteiger partial charge in [-0.05, 0) is 67.4 Å². The molecule has 9 heteroatoms. The summed E-state index contributed by atoms with van der Waals surface area (Å²) in [5.41, 5.74) is 1.20. The summed E-state index contributed by atoms with van der Waals surface area (Å²) >= 11 is 6.41. The number of aliphatic hydroxyl groups is 1. The molecule has 1 heterocycles. The highest BCUT2D eigenvalue weighted by Gasteiger charge is 2.46. The number of likely N-dealkylation sites (tertiary alicyclic amines) is 1. The van der Waals surface area contributed by atoms with Crippen LogP contribution in [0.25, 0.3) is 5.76 Å². The molecule has 1 amide bonds. The van der Waals surface area contributed by atoms with Crippen molar-refractivity contribution < 1.29 is 34.0 Å². The van der Waals surface area contributed by atoms with Crippen LogP contribution in [0.3, 0.4) is 0 Å². The maximum absolute atomic E-state index is 13.4. The van der Waals surface area contributed by atoms with Gasteiger partial charge < -0.3 is 29.3 Å². The van der Waals surface area contributed by atoms with Gasteiger partial charge in [-0.2, -0.15) is 0 Å². The average molecular weight is 538 g/mol. The van der Waals surface area contributed by atoms with E-state index in [9.17, 15) is 19.8 Å². The molecule has 38 heavy (non-hydrogen) atoms. The van der Waals surface area contributed by atoms with Crippen molar-refractivity contribution in [3.63, 3.8) is 0 Å². The van der Waals surface area contributed by atoms with E-state index < -0.39 is 23.5 Å². The molecule has 0 radical (unpaired) electrons. The van der Waals surface area contributed by atoms with Crippen molar-refractivity contribution in [3.8, 4) is 23.0 Å². The molecule has 1 aliphatic rings. The molecule has 0 bridgehead atoms. The van der Waals surface area contributed by atoms with Crippen molar-refractivity contribution in [2.45, 2.75) is 26.4 Å². The molecule has 3 aromatic rings. The predicted octanol–water partition coefficient (Wildman–Crippen LogP) is 5.47. The average Bonchev–Trinajstić information content (AvgIpc) is 3.16. The highest BCUT2D eigenvalue weighted by atomic mass is 35.5. The minimum absolute atomic E-state index is 0.0563. The van der Waals surface area contributed by atoms with Crippen LogP contribution in [0, 0.1) is 0 Å². The number of hydrogen-bond acceptors (Lipinski definition) is 7. The number of benzene rings is 3. The molecule has 2 N–H and O–H groups in total. The van der Waals surface area contributed by atoms with E-state index in [0.29, 0.717) is 30.3 Å². The van der Waals surface area contributed by atoms with Crippen LogP contribution >= 0.6 is 11.6 Å². The Labute approximate surface area is 225 Å². The number of hydrogen-bond donors (Lipinski definition) is 2. The second-order valence-electron chi connectivity index (χ2n) is 8.51. The second kappa shape index (κ2) is 11.5. The molecule has 3 aromatic carbocycles. The summed E-state index contributed by atoms with van der Waals surface area (Å²) in [5.74, 6) is -0.940. The first kappa shape index (κ1) is 26.9. The fourth-order valence-corrected chi connectivity index (χ4v) is 4.62. The molecule has 1 fully saturated rings. The number of halogens is 1. The first-order valence-electron chi connectivity index (χ1n) is 12.1. The first-order chi connectivity index (χ1) is 18.3. The number of rotatable bonds is 9. The van der Waals surface area contributed by atoms with Gasteiger partial charge >= 0.3 is 0 Å². The number of carbonyl (C=O) groups excluding carboxylic acids is 2. The van der Waals surface area contributed by atoms with Gasteiger partial charge in [0.1, 0.15) is 17.3 Å². The zero-order valence-corrected chi connectivity index (χ0v) is 22.0. The Morgan fingerprint density at radius 1 is 0.974 bits per heavy atom. The van der Waals surface area contributed by atoms with Gasteiger partial charge in [-0.1, -0.05) is 29.8 Å². The number of ether oxygens (including phenoxy) is 3. The third kappa shape index (κ3) is 5.26. The van der Waals surface area contributed by atoms with Crippen LogP contribution in [-0.4, -0.2) is 47.1 Å². The number of phenols is 1. The lowest BCUT2D eigenvalue weighted by atomic mass is 9.94. The number of Topliss-reactive ketones (excluding diaryl/α,β-unsaturated/α-hetero) is 1. The molecule has 0 spiro atoms. The maximum Gasteiger partial charge on any atom is 0.295 e. The number of nitrogens with zero attached hydrogens (tertiary/aromatic N) is 1. The third-order valence-electron chi connectivity index (χ3n) is 6.13. The Hall–Kier alpha value is -4.17. The van der Waals surface area contributed by atoms with Crippen molar-refractivity contribution >= 4 is 29.1 Å². The van der Waals surface area contributed by atoms with Crippen molar-refractivity contribution in [2.24, 2.45) is 0 Å². The molecule has 1 aliphatic heterocycles. The van der Waals surface area contributed by atoms with Crippen molar-refractivity contribution in [2.75, 3.05) is 20.3 Å². The van der Waals surface area contributed by atoms with E-state index in [1.54, 1.807) is 49.4 Å². The van der Waals surface area contributed by atoms with Gasteiger partial charge in [0.05, 0.1) is 37.0 Å². The molecule has 0 aliphatic carbocycles. The van der Waals surface area contributed by atoms with Crippen LogP contribution in [0.2, 0.25) is 5.02 Å². The standard InChI is InChI=1S/C29H28ClNO7/c1-4-37-20-10-11-22(30)21(15-20)27(33)25-26(18-9-12-23(32)24(14-18)38-5-2)31(29(35)28(25)34)16-17-7-6-8-19(13-17)36-3/h6-15,26,32-33H,4-5,16H2,1-3H3/b27-25+. The van der Waals surface area contributed by atoms with E-state index in [1.165, 1.54) is 24.1 Å². The second-order valence-corrected chi connectivity index (χ2v) is 8.92. The lowest BCUT2D eigenvalue weighted by Crippen LogP contribution is -2.29. The van der Waals surface area contributed by atoms with E-state index >= 15 is 0 Å². The summed E-state index contributed by atoms with van der Waals surface area (Å²) in [7, 11) is 1.54. The summed E-state index contributed by atoms with van der Waals surface area (Å²) in [5, 5.41) is 21.9.